The van der Waals surface area contributed by atoms with Crippen LogP contribution in [-0.2, 0) is 4.79 Å². The molecule has 3 heteroatoms. The highest BCUT2D eigenvalue weighted by Gasteiger charge is 2.09. The Hall–Kier alpha value is -1.35. The summed E-state index contributed by atoms with van der Waals surface area (Å²) < 4.78 is 0. The van der Waals surface area contributed by atoms with Gasteiger partial charge in [0.2, 0.25) is 5.91 Å². The van der Waals surface area contributed by atoms with Gasteiger partial charge in [-0.25, -0.2) is 0 Å². The van der Waals surface area contributed by atoms with Gasteiger partial charge in [-0.15, -0.1) is 0 Å². The van der Waals surface area contributed by atoms with Crippen molar-refractivity contribution in [3.63, 3.8) is 0 Å². The van der Waals surface area contributed by atoms with Gasteiger partial charge in [-0.3, -0.25) is 4.79 Å². The van der Waals surface area contributed by atoms with Crippen LogP contribution in [0.3, 0.4) is 0 Å². The summed E-state index contributed by atoms with van der Waals surface area (Å²) in [7, 11) is 0. The molecule has 0 saturated carbocycles. The average Bonchev–Trinajstić information content (AvgIpc) is 2.14. The van der Waals surface area contributed by atoms with Crippen LogP contribution in [-0.4, -0.2) is 5.91 Å². The summed E-state index contributed by atoms with van der Waals surface area (Å²) in [6.45, 7) is 4.08. The van der Waals surface area contributed by atoms with Crippen molar-refractivity contribution in [2.24, 2.45) is 11.5 Å². The van der Waals surface area contributed by atoms with E-state index in [1.165, 1.54) is 11.1 Å². The zero-order chi connectivity index (χ0) is 11.4. The number of benzene rings is 1. The van der Waals surface area contributed by atoms with Gasteiger partial charge < -0.3 is 11.5 Å². The van der Waals surface area contributed by atoms with Crippen molar-refractivity contribution >= 4 is 5.91 Å². The van der Waals surface area contributed by atoms with E-state index >= 15 is 0 Å². The minimum absolute atomic E-state index is 0.0990. The van der Waals surface area contributed by atoms with Crippen molar-refractivity contribution in [1.29, 1.82) is 0 Å². The molecule has 3 nitrogen and oxygen atoms in total. The number of hydrogen-bond acceptors (Lipinski definition) is 2. The molecule has 0 spiro atoms. The number of primary amides is 1. The molecule has 0 bridgehead atoms. The Labute approximate surface area is 90.5 Å². The fourth-order valence-electron chi connectivity index (χ4n) is 1.69. The third-order valence-corrected chi connectivity index (χ3v) is 2.53. The van der Waals surface area contributed by atoms with Crippen LogP contribution in [0.15, 0.2) is 18.2 Å². The molecular weight excluding hydrogens is 188 g/mol. The number of carbonyl (C=O) groups is 1. The van der Waals surface area contributed by atoms with Crippen molar-refractivity contribution in [1.82, 2.24) is 0 Å². The molecule has 0 aliphatic rings. The van der Waals surface area contributed by atoms with Crippen LogP contribution in [0.5, 0.6) is 0 Å². The van der Waals surface area contributed by atoms with Crippen LogP contribution >= 0.6 is 0 Å². The summed E-state index contributed by atoms with van der Waals surface area (Å²) in [4.78, 5) is 10.6. The van der Waals surface area contributed by atoms with E-state index in [0.717, 1.165) is 5.56 Å². The molecule has 0 heterocycles. The summed E-state index contributed by atoms with van der Waals surface area (Å²) in [6.07, 6.45) is 0.952. The first-order valence-corrected chi connectivity index (χ1v) is 5.11. The lowest BCUT2D eigenvalue weighted by molar-refractivity contribution is -0.118. The largest absolute Gasteiger partial charge is 0.370 e. The summed E-state index contributed by atoms with van der Waals surface area (Å²) in [5.74, 6) is -0.296. The highest BCUT2D eigenvalue weighted by atomic mass is 16.1. The molecule has 82 valence electrons. The first kappa shape index (κ1) is 11.7. The van der Waals surface area contributed by atoms with E-state index in [1.54, 1.807) is 0 Å². The molecule has 0 aliphatic heterocycles. The third kappa shape index (κ3) is 3.36. The minimum atomic E-state index is -0.296. The molecular formula is C12H18N2O. The lowest BCUT2D eigenvalue weighted by Crippen LogP contribution is -2.17. The van der Waals surface area contributed by atoms with E-state index in [1.807, 2.05) is 26.0 Å². The molecule has 15 heavy (non-hydrogen) atoms. The summed E-state index contributed by atoms with van der Waals surface area (Å²) in [5, 5.41) is 0. The van der Waals surface area contributed by atoms with Crippen LogP contribution in [0.2, 0.25) is 0 Å². The zero-order valence-electron chi connectivity index (χ0n) is 9.29. The standard InChI is InChI=1S/C12H18N2O/c1-8-3-4-10(9(2)7-8)11(13)5-6-12(14)15/h3-4,7,11H,5-6,13H2,1-2H3,(H2,14,15). The van der Waals surface area contributed by atoms with Gasteiger partial charge in [0.25, 0.3) is 0 Å². The second kappa shape index (κ2) is 4.94. The Morgan fingerprint density at radius 2 is 2.07 bits per heavy atom. The van der Waals surface area contributed by atoms with Crippen LogP contribution in [0.1, 0.15) is 35.6 Å². The van der Waals surface area contributed by atoms with Gasteiger partial charge in [-0.2, -0.15) is 0 Å². The van der Waals surface area contributed by atoms with Crippen molar-refractivity contribution in [2.75, 3.05) is 0 Å². The van der Waals surface area contributed by atoms with Gasteiger partial charge in [0.05, 0.1) is 0 Å². The summed E-state index contributed by atoms with van der Waals surface area (Å²) in [6, 6.07) is 6.06. The lowest BCUT2D eigenvalue weighted by Gasteiger charge is -2.14. The zero-order valence-corrected chi connectivity index (χ0v) is 9.29. The molecule has 0 aromatic heterocycles. The lowest BCUT2D eigenvalue weighted by atomic mass is 9.97. The van der Waals surface area contributed by atoms with Crippen LogP contribution in [0.25, 0.3) is 0 Å². The maximum absolute atomic E-state index is 10.6. The summed E-state index contributed by atoms with van der Waals surface area (Å²) in [5.41, 5.74) is 14.6. The Kier molecular flexibility index (Phi) is 3.86. The Balaban J connectivity index is 2.73. The maximum Gasteiger partial charge on any atom is 0.217 e. The van der Waals surface area contributed by atoms with Crippen LogP contribution in [0.4, 0.5) is 0 Å². The van der Waals surface area contributed by atoms with Gasteiger partial charge in [-0.05, 0) is 31.4 Å². The van der Waals surface area contributed by atoms with E-state index in [9.17, 15) is 4.79 Å². The number of hydrogen-bond donors (Lipinski definition) is 2. The predicted octanol–water partition coefficient (Wildman–Crippen LogP) is 1.57. The Morgan fingerprint density at radius 1 is 1.40 bits per heavy atom. The normalized spacial score (nSPS) is 12.5. The molecule has 0 radical (unpaired) electrons. The minimum Gasteiger partial charge on any atom is -0.370 e. The monoisotopic (exact) mass is 206 g/mol. The number of carbonyl (C=O) groups excluding carboxylic acids is 1. The topological polar surface area (TPSA) is 69.1 Å². The van der Waals surface area contributed by atoms with Crippen molar-refractivity contribution in [3.8, 4) is 0 Å². The summed E-state index contributed by atoms with van der Waals surface area (Å²) >= 11 is 0. The number of amides is 1. The highest BCUT2D eigenvalue weighted by Crippen LogP contribution is 2.20. The predicted molar refractivity (Wildman–Crippen MR) is 61.3 cm³/mol. The molecule has 0 fully saturated rings. The molecule has 1 aromatic rings. The quantitative estimate of drug-likeness (QED) is 0.785. The smallest absolute Gasteiger partial charge is 0.217 e. The van der Waals surface area contributed by atoms with Crippen molar-refractivity contribution in [2.45, 2.75) is 32.7 Å². The third-order valence-electron chi connectivity index (χ3n) is 2.53. The Bertz CT molecular complexity index is 361. The first-order chi connectivity index (χ1) is 7.00. The van der Waals surface area contributed by atoms with Crippen molar-refractivity contribution in [3.05, 3.63) is 34.9 Å². The second-order valence-corrected chi connectivity index (χ2v) is 3.97. The van der Waals surface area contributed by atoms with E-state index in [-0.39, 0.29) is 11.9 Å². The average molecular weight is 206 g/mol. The van der Waals surface area contributed by atoms with E-state index in [4.69, 9.17) is 11.5 Å². The fraction of sp³-hybridized carbons (Fsp3) is 0.417. The van der Waals surface area contributed by atoms with Gasteiger partial charge in [0.1, 0.15) is 0 Å². The number of rotatable bonds is 4. The first-order valence-electron chi connectivity index (χ1n) is 5.11. The fourth-order valence-corrected chi connectivity index (χ4v) is 1.69. The molecule has 1 rings (SSSR count). The second-order valence-electron chi connectivity index (χ2n) is 3.97. The van der Waals surface area contributed by atoms with Gasteiger partial charge in [-0.1, -0.05) is 23.8 Å². The number of nitrogens with two attached hydrogens (primary N) is 2. The van der Waals surface area contributed by atoms with Crippen LogP contribution in [0, 0.1) is 13.8 Å². The highest BCUT2D eigenvalue weighted by molar-refractivity contribution is 5.73. The molecule has 1 aromatic carbocycles. The molecule has 0 saturated heterocycles. The molecule has 1 atom stereocenters. The van der Waals surface area contributed by atoms with Crippen LogP contribution < -0.4 is 11.5 Å². The Morgan fingerprint density at radius 3 is 2.60 bits per heavy atom. The van der Waals surface area contributed by atoms with E-state index in [0.29, 0.717) is 12.8 Å². The van der Waals surface area contributed by atoms with E-state index in [2.05, 4.69) is 6.07 Å². The number of aryl methyl sites for hydroxylation is 2. The molecule has 1 unspecified atom stereocenters. The molecule has 0 aliphatic carbocycles. The van der Waals surface area contributed by atoms with Gasteiger partial charge in [0.15, 0.2) is 0 Å². The molecule has 1 amide bonds. The van der Waals surface area contributed by atoms with Gasteiger partial charge in [0, 0.05) is 12.5 Å². The van der Waals surface area contributed by atoms with E-state index < -0.39 is 0 Å². The SMILES string of the molecule is Cc1ccc(C(N)CCC(N)=O)c(C)c1. The van der Waals surface area contributed by atoms with Gasteiger partial charge >= 0.3 is 0 Å². The maximum atomic E-state index is 10.6. The van der Waals surface area contributed by atoms with Crippen molar-refractivity contribution < 1.29 is 4.79 Å². The molecule has 4 N–H and O–H groups in total.